The van der Waals surface area contributed by atoms with E-state index in [0.29, 0.717) is 19.4 Å². The Morgan fingerprint density at radius 1 is 1.37 bits per heavy atom. The molecule has 19 heavy (non-hydrogen) atoms. The van der Waals surface area contributed by atoms with E-state index in [-0.39, 0.29) is 11.9 Å². The van der Waals surface area contributed by atoms with E-state index in [1.54, 1.807) is 14.2 Å². The van der Waals surface area contributed by atoms with Crippen LogP contribution < -0.4 is 20.5 Å². The quantitative estimate of drug-likeness (QED) is 0.775. The maximum atomic E-state index is 11.6. The van der Waals surface area contributed by atoms with E-state index in [4.69, 9.17) is 15.2 Å². The van der Waals surface area contributed by atoms with Gasteiger partial charge in [0.15, 0.2) is 0 Å². The Labute approximate surface area is 114 Å². The van der Waals surface area contributed by atoms with Crippen LogP contribution >= 0.6 is 0 Å². The summed E-state index contributed by atoms with van der Waals surface area (Å²) in [6.45, 7) is 2.35. The molecular weight excluding hydrogens is 244 g/mol. The molecule has 0 heterocycles. The lowest BCUT2D eigenvalue weighted by atomic mass is 10.1. The van der Waals surface area contributed by atoms with Crippen molar-refractivity contribution >= 4 is 5.91 Å². The summed E-state index contributed by atoms with van der Waals surface area (Å²) in [5.74, 6) is 1.47. The molecule has 0 aromatic heterocycles. The van der Waals surface area contributed by atoms with Crippen LogP contribution in [0.5, 0.6) is 11.5 Å². The van der Waals surface area contributed by atoms with Gasteiger partial charge in [-0.3, -0.25) is 4.79 Å². The van der Waals surface area contributed by atoms with Crippen LogP contribution in [0.4, 0.5) is 0 Å². The molecule has 1 unspecified atom stereocenters. The number of methoxy groups -OCH3 is 2. The van der Waals surface area contributed by atoms with Crippen LogP contribution in [0.1, 0.15) is 18.9 Å². The molecule has 1 amide bonds. The lowest BCUT2D eigenvalue weighted by Gasteiger charge is -2.11. The molecule has 106 valence electrons. The van der Waals surface area contributed by atoms with E-state index in [2.05, 4.69) is 5.32 Å². The third kappa shape index (κ3) is 5.18. The lowest BCUT2D eigenvalue weighted by Crippen LogP contribution is -2.35. The number of carbonyl (C=O) groups excluding carboxylic acids is 1. The highest BCUT2D eigenvalue weighted by molar-refractivity contribution is 5.76. The number of nitrogens with one attached hydrogen (secondary N) is 1. The van der Waals surface area contributed by atoms with Gasteiger partial charge in [-0.05, 0) is 25.0 Å². The topological polar surface area (TPSA) is 73.6 Å². The van der Waals surface area contributed by atoms with Crippen LogP contribution in [0.15, 0.2) is 18.2 Å². The second-order valence-corrected chi connectivity index (χ2v) is 4.46. The second-order valence-electron chi connectivity index (χ2n) is 4.46. The molecule has 0 aliphatic rings. The minimum Gasteiger partial charge on any atom is -0.497 e. The molecule has 0 radical (unpaired) electrons. The highest BCUT2D eigenvalue weighted by Crippen LogP contribution is 2.25. The van der Waals surface area contributed by atoms with Crippen molar-refractivity contribution < 1.29 is 14.3 Å². The smallest absolute Gasteiger partial charge is 0.220 e. The third-order valence-electron chi connectivity index (χ3n) is 2.74. The highest BCUT2D eigenvalue weighted by Gasteiger charge is 2.08. The Morgan fingerprint density at radius 3 is 2.68 bits per heavy atom. The average molecular weight is 266 g/mol. The zero-order valence-corrected chi connectivity index (χ0v) is 11.7. The molecule has 0 saturated carbocycles. The summed E-state index contributed by atoms with van der Waals surface area (Å²) < 4.78 is 10.4. The van der Waals surface area contributed by atoms with Gasteiger partial charge in [0, 0.05) is 25.1 Å². The van der Waals surface area contributed by atoms with Gasteiger partial charge in [0.05, 0.1) is 14.2 Å². The maximum absolute atomic E-state index is 11.6. The Morgan fingerprint density at radius 2 is 2.11 bits per heavy atom. The number of amides is 1. The van der Waals surface area contributed by atoms with Crippen molar-refractivity contribution in [1.29, 1.82) is 0 Å². The van der Waals surface area contributed by atoms with Gasteiger partial charge < -0.3 is 20.5 Å². The van der Waals surface area contributed by atoms with Gasteiger partial charge in [-0.2, -0.15) is 0 Å². The highest BCUT2D eigenvalue weighted by atomic mass is 16.5. The number of carbonyl (C=O) groups is 1. The van der Waals surface area contributed by atoms with Crippen molar-refractivity contribution in [2.24, 2.45) is 5.73 Å². The van der Waals surface area contributed by atoms with Gasteiger partial charge >= 0.3 is 0 Å². The molecule has 3 N–H and O–H groups in total. The number of aryl methyl sites for hydroxylation is 1. The zero-order valence-electron chi connectivity index (χ0n) is 11.7. The Kier molecular flexibility index (Phi) is 6.15. The molecule has 0 fully saturated rings. The largest absolute Gasteiger partial charge is 0.497 e. The number of ether oxygens (including phenoxy) is 2. The number of hydrogen-bond donors (Lipinski definition) is 2. The van der Waals surface area contributed by atoms with E-state index in [1.165, 1.54) is 0 Å². The number of rotatable bonds is 7. The first-order valence-electron chi connectivity index (χ1n) is 6.30. The lowest BCUT2D eigenvalue weighted by molar-refractivity contribution is -0.121. The third-order valence-corrected chi connectivity index (χ3v) is 2.74. The summed E-state index contributed by atoms with van der Waals surface area (Å²) >= 11 is 0. The standard InChI is InChI=1S/C14H22N2O3/c1-10(15)9-16-14(17)7-5-11-4-6-12(18-2)8-13(11)19-3/h4,6,8,10H,5,7,9,15H2,1-3H3,(H,16,17). The summed E-state index contributed by atoms with van der Waals surface area (Å²) in [4.78, 5) is 11.6. The first kappa shape index (κ1) is 15.3. The van der Waals surface area contributed by atoms with Crippen LogP contribution in [0, 0.1) is 0 Å². The van der Waals surface area contributed by atoms with Crippen molar-refractivity contribution in [3.05, 3.63) is 23.8 Å². The molecule has 1 rings (SSSR count). The Balaban J connectivity index is 2.55. The number of nitrogens with two attached hydrogens (primary N) is 1. The molecule has 1 atom stereocenters. The van der Waals surface area contributed by atoms with Gasteiger partial charge in [-0.1, -0.05) is 6.07 Å². The van der Waals surface area contributed by atoms with Crippen molar-refractivity contribution in [2.75, 3.05) is 20.8 Å². The monoisotopic (exact) mass is 266 g/mol. The van der Waals surface area contributed by atoms with Gasteiger partial charge in [0.25, 0.3) is 0 Å². The second kappa shape index (κ2) is 7.63. The predicted octanol–water partition coefficient (Wildman–Crippen LogP) is 1.10. The van der Waals surface area contributed by atoms with Crippen molar-refractivity contribution in [3.8, 4) is 11.5 Å². The summed E-state index contributed by atoms with van der Waals surface area (Å²) in [6.07, 6.45) is 1.04. The van der Waals surface area contributed by atoms with Gasteiger partial charge in [0.1, 0.15) is 11.5 Å². The molecule has 5 heteroatoms. The van der Waals surface area contributed by atoms with Crippen LogP contribution in [-0.2, 0) is 11.2 Å². The van der Waals surface area contributed by atoms with Crippen LogP contribution in [0.25, 0.3) is 0 Å². The molecule has 0 saturated heterocycles. The fraction of sp³-hybridized carbons (Fsp3) is 0.500. The van der Waals surface area contributed by atoms with Crippen molar-refractivity contribution in [2.45, 2.75) is 25.8 Å². The fourth-order valence-corrected chi connectivity index (χ4v) is 1.67. The molecule has 0 bridgehead atoms. The maximum Gasteiger partial charge on any atom is 0.220 e. The summed E-state index contributed by atoms with van der Waals surface area (Å²) in [5.41, 5.74) is 6.56. The minimum atomic E-state index is -0.0283. The molecule has 0 aliphatic carbocycles. The molecule has 1 aromatic rings. The van der Waals surface area contributed by atoms with Gasteiger partial charge in [-0.25, -0.2) is 0 Å². The summed E-state index contributed by atoms with van der Waals surface area (Å²) in [7, 11) is 3.21. The zero-order chi connectivity index (χ0) is 14.3. The van der Waals surface area contributed by atoms with Crippen molar-refractivity contribution in [3.63, 3.8) is 0 Å². The van der Waals surface area contributed by atoms with Gasteiger partial charge in [0.2, 0.25) is 5.91 Å². The number of benzene rings is 1. The van der Waals surface area contributed by atoms with E-state index in [1.807, 2.05) is 25.1 Å². The first-order chi connectivity index (χ1) is 9.06. The minimum absolute atomic E-state index is 0.00447. The Bertz CT molecular complexity index is 419. The predicted molar refractivity (Wildman–Crippen MR) is 74.5 cm³/mol. The van der Waals surface area contributed by atoms with E-state index < -0.39 is 0 Å². The van der Waals surface area contributed by atoms with Crippen LogP contribution in [0.3, 0.4) is 0 Å². The molecular formula is C14H22N2O3. The first-order valence-corrected chi connectivity index (χ1v) is 6.30. The summed E-state index contributed by atoms with van der Waals surface area (Å²) in [5, 5.41) is 2.78. The molecule has 5 nitrogen and oxygen atoms in total. The van der Waals surface area contributed by atoms with Crippen LogP contribution in [0.2, 0.25) is 0 Å². The van der Waals surface area contributed by atoms with Crippen molar-refractivity contribution in [1.82, 2.24) is 5.32 Å². The summed E-state index contributed by atoms with van der Waals surface area (Å²) in [6, 6.07) is 5.56. The van der Waals surface area contributed by atoms with E-state index >= 15 is 0 Å². The molecule has 1 aromatic carbocycles. The van der Waals surface area contributed by atoms with E-state index in [9.17, 15) is 4.79 Å². The SMILES string of the molecule is COc1ccc(CCC(=O)NCC(C)N)c(OC)c1. The van der Waals surface area contributed by atoms with Gasteiger partial charge in [-0.15, -0.1) is 0 Å². The fourth-order valence-electron chi connectivity index (χ4n) is 1.67. The Hall–Kier alpha value is -1.75. The molecule has 0 aliphatic heterocycles. The molecule has 0 spiro atoms. The van der Waals surface area contributed by atoms with Crippen LogP contribution in [-0.4, -0.2) is 32.7 Å². The number of hydrogen-bond acceptors (Lipinski definition) is 4. The van der Waals surface area contributed by atoms with E-state index in [0.717, 1.165) is 17.1 Å². The average Bonchev–Trinajstić information content (AvgIpc) is 2.42. The normalized spacial score (nSPS) is 11.8.